The molecule has 1 rings (SSSR count). The third-order valence-corrected chi connectivity index (χ3v) is 3.08. The molecule has 1 atom stereocenters. The SMILES string of the molecule is C/C(C=O)=C(\C)CN(C)C1CCC(=O)NC1=O. The Kier molecular flexibility index (Phi) is 4.57. The predicted octanol–water partition coefficient (Wildman–Crippen LogP) is 0.259. The summed E-state index contributed by atoms with van der Waals surface area (Å²) in [5, 5.41) is 2.32. The van der Waals surface area contributed by atoms with E-state index in [1.165, 1.54) is 0 Å². The van der Waals surface area contributed by atoms with Crippen molar-refractivity contribution in [1.29, 1.82) is 0 Å². The highest BCUT2D eigenvalue weighted by Gasteiger charge is 2.29. The van der Waals surface area contributed by atoms with Crippen LogP contribution in [0.1, 0.15) is 26.7 Å². The topological polar surface area (TPSA) is 66.5 Å². The Bertz CT molecular complexity index is 374. The maximum absolute atomic E-state index is 11.6. The van der Waals surface area contributed by atoms with Crippen LogP contribution in [0.25, 0.3) is 0 Å². The van der Waals surface area contributed by atoms with Gasteiger partial charge in [0.25, 0.3) is 0 Å². The lowest BCUT2D eigenvalue weighted by atomic mass is 10.0. The van der Waals surface area contributed by atoms with Gasteiger partial charge >= 0.3 is 0 Å². The minimum absolute atomic E-state index is 0.212. The van der Waals surface area contributed by atoms with Crippen LogP contribution in [0, 0.1) is 0 Å². The molecule has 1 fully saturated rings. The lowest BCUT2D eigenvalue weighted by molar-refractivity contribution is -0.137. The molecule has 0 aliphatic carbocycles. The van der Waals surface area contributed by atoms with Crippen molar-refractivity contribution in [3.8, 4) is 0 Å². The fraction of sp³-hybridized carbons (Fsp3) is 0.583. The third kappa shape index (κ3) is 3.49. The number of carbonyl (C=O) groups is 3. The van der Waals surface area contributed by atoms with Crippen molar-refractivity contribution in [3.05, 3.63) is 11.1 Å². The van der Waals surface area contributed by atoms with E-state index in [2.05, 4.69) is 5.32 Å². The minimum Gasteiger partial charge on any atom is -0.298 e. The lowest BCUT2D eigenvalue weighted by Gasteiger charge is -2.30. The Morgan fingerprint density at radius 2 is 2.12 bits per heavy atom. The molecular formula is C12H18N2O3. The normalized spacial score (nSPS) is 22.2. The summed E-state index contributed by atoms with van der Waals surface area (Å²) in [6.45, 7) is 4.17. The second kappa shape index (κ2) is 5.72. The molecule has 0 aromatic heterocycles. The average molecular weight is 238 g/mol. The number of nitrogens with one attached hydrogen (secondary N) is 1. The highest BCUT2D eigenvalue weighted by molar-refractivity contribution is 6.00. The zero-order valence-corrected chi connectivity index (χ0v) is 10.4. The van der Waals surface area contributed by atoms with Gasteiger partial charge in [0.1, 0.15) is 6.29 Å². The van der Waals surface area contributed by atoms with Gasteiger partial charge in [-0.15, -0.1) is 0 Å². The first-order valence-electron chi connectivity index (χ1n) is 5.61. The molecule has 1 heterocycles. The van der Waals surface area contributed by atoms with Crippen LogP contribution >= 0.6 is 0 Å². The number of amides is 2. The van der Waals surface area contributed by atoms with Gasteiger partial charge in [-0.3, -0.25) is 24.6 Å². The molecule has 1 saturated heterocycles. The molecule has 17 heavy (non-hydrogen) atoms. The molecule has 0 aromatic rings. The number of hydrogen-bond acceptors (Lipinski definition) is 4. The number of piperidine rings is 1. The van der Waals surface area contributed by atoms with Gasteiger partial charge in [-0.25, -0.2) is 0 Å². The molecule has 0 radical (unpaired) electrons. The van der Waals surface area contributed by atoms with Crippen molar-refractivity contribution < 1.29 is 14.4 Å². The Morgan fingerprint density at radius 1 is 1.47 bits per heavy atom. The number of allylic oxidation sites excluding steroid dienone is 1. The fourth-order valence-electron chi connectivity index (χ4n) is 1.81. The van der Waals surface area contributed by atoms with Crippen molar-refractivity contribution in [2.45, 2.75) is 32.7 Å². The zero-order valence-electron chi connectivity index (χ0n) is 10.4. The smallest absolute Gasteiger partial charge is 0.243 e. The molecule has 2 amide bonds. The van der Waals surface area contributed by atoms with E-state index in [4.69, 9.17) is 0 Å². The minimum atomic E-state index is -0.290. The van der Waals surface area contributed by atoms with Gasteiger partial charge in [0, 0.05) is 13.0 Å². The van der Waals surface area contributed by atoms with E-state index in [1.807, 2.05) is 18.9 Å². The highest BCUT2D eigenvalue weighted by atomic mass is 16.2. The van der Waals surface area contributed by atoms with Crippen LogP contribution in [0.15, 0.2) is 11.1 Å². The summed E-state index contributed by atoms with van der Waals surface area (Å²) < 4.78 is 0. The largest absolute Gasteiger partial charge is 0.298 e. The summed E-state index contributed by atoms with van der Waals surface area (Å²) in [5.74, 6) is -0.462. The number of aldehydes is 1. The fourth-order valence-corrected chi connectivity index (χ4v) is 1.81. The molecule has 1 unspecified atom stereocenters. The number of carbonyl (C=O) groups excluding carboxylic acids is 3. The van der Waals surface area contributed by atoms with Crippen molar-refractivity contribution in [2.75, 3.05) is 13.6 Å². The summed E-state index contributed by atoms with van der Waals surface area (Å²) in [5.41, 5.74) is 1.62. The Balaban J connectivity index is 2.65. The molecule has 0 aromatic carbocycles. The summed E-state index contributed by atoms with van der Waals surface area (Å²) in [4.78, 5) is 35.1. The quantitative estimate of drug-likeness (QED) is 0.433. The van der Waals surface area contributed by atoms with Crippen LogP contribution in [-0.4, -0.2) is 42.6 Å². The van der Waals surface area contributed by atoms with E-state index >= 15 is 0 Å². The molecule has 5 heteroatoms. The summed E-state index contributed by atoms with van der Waals surface area (Å²) in [7, 11) is 1.82. The highest BCUT2D eigenvalue weighted by Crippen LogP contribution is 2.13. The van der Waals surface area contributed by atoms with Crippen molar-refractivity contribution in [3.63, 3.8) is 0 Å². The van der Waals surface area contributed by atoms with Crippen LogP contribution in [0.3, 0.4) is 0 Å². The number of likely N-dealkylation sites (N-methyl/N-ethyl adjacent to an activating group) is 1. The Morgan fingerprint density at radius 3 is 2.65 bits per heavy atom. The van der Waals surface area contributed by atoms with E-state index in [0.717, 1.165) is 11.9 Å². The summed E-state index contributed by atoms with van der Waals surface area (Å²) in [6.07, 6.45) is 1.72. The second-order valence-corrected chi connectivity index (χ2v) is 4.46. The number of nitrogens with zero attached hydrogens (tertiary/aromatic N) is 1. The first-order chi connectivity index (χ1) is 7.95. The molecule has 0 bridgehead atoms. The molecule has 94 valence electrons. The number of hydrogen-bond donors (Lipinski definition) is 1. The molecule has 1 N–H and O–H groups in total. The van der Waals surface area contributed by atoms with Gasteiger partial charge in [-0.2, -0.15) is 0 Å². The van der Waals surface area contributed by atoms with E-state index < -0.39 is 0 Å². The standard InChI is InChI=1S/C12H18N2O3/c1-8(9(2)7-15)6-14(3)10-4-5-11(16)13-12(10)17/h7,10H,4-6H2,1-3H3,(H,13,16,17)/b9-8-. The Hall–Kier alpha value is -1.49. The van der Waals surface area contributed by atoms with Crippen molar-refractivity contribution >= 4 is 18.1 Å². The van der Waals surface area contributed by atoms with Gasteiger partial charge in [0.15, 0.2) is 0 Å². The lowest BCUT2D eigenvalue weighted by Crippen LogP contribution is -2.51. The van der Waals surface area contributed by atoms with Crippen LogP contribution in [0.2, 0.25) is 0 Å². The molecule has 1 aliphatic rings. The first kappa shape index (κ1) is 13.6. The second-order valence-electron chi connectivity index (χ2n) is 4.46. The summed E-state index contributed by atoms with van der Waals surface area (Å²) >= 11 is 0. The molecular weight excluding hydrogens is 220 g/mol. The molecule has 5 nitrogen and oxygen atoms in total. The van der Waals surface area contributed by atoms with Crippen molar-refractivity contribution in [2.24, 2.45) is 0 Å². The van der Waals surface area contributed by atoms with Gasteiger partial charge in [-0.05, 0) is 32.9 Å². The first-order valence-corrected chi connectivity index (χ1v) is 5.61. The van der Waals surface area contributed by atoms with Crippen molar-refractivity contribution in [1.82, 2.24) is 10.2 Å². The van der Waals surface area contributed by atoms with Gasteiger partial charge < -0.3 is 0 Å². The number of imide groups is 1. The maximum atomic E-state index is 11.6. The van der Waals surface area contributed by atoms with E-state index in [9.17, 15) is 14.4 Å². The summed E-state index contributed by atoms with van der Waals surface area (Å²) in [6, 6.07) is -0.290. The molecule has 0 saturated carbocycles. The average Bonchev–Trinajstić information content (AvgIpc) is 2.27. The van der Waals surface area contributed by atoms with Crippen LogP contribution in [-0.2, 0) is 14.4 Å². The van der Waals surface area contributed by atoms with Crippen LogP contribution < -0.4 is 5.32 Å². The van der Waals surface area contributed by atoms with Gasteiger partial charge in [0.05, 0.1) is 6.04 Å². The number of rotatable bonds is 4. The van der Waals surface area contributed by atoms with Gasteiger partial charge in [-0.1, -0.05) is 5.57 Å². The molecule has 0 spiro atoms. The monoisotopic (exact) mass is 238 g/mol. The predicted molar refractivity (Wildman–Crippen MR) is 63.2 cm³/mol. The Labute approximate surface area is 101 Å². The van der Waals surface area contributed by atoms with E-state index in [0.29, 0.717) is 25.0 Å². The van der Waals surface area contributed by atoms with E-state index in [-0.39, 0.29) is 17.9 Å². The van der Waals surface area contributed by atoms with Crippen LogP contribution in [0.5, 0.6) is 0 Å². The van der Waals surface area contributed by atoms with E-state index in [1.54, 1.807) is 6.92 Å². The zero-order chi connectivity index (χ0) is 13.0. The van der Waals surface area contributed by atoms with Crippen LogP contribution in [0.4, 0.5) is 0 Å². The third-order valence-electron chi connectivity index (χ3n) is 3.08. The molecule has 1 aliphatic heterocycles. The maximum Gasteiger partial charge on any atom is 0.243 e. The van der Waals surface area contributed by atoms with Gasteiger partial charge in [0.2, 0.25) is 11.8 Å².